The Morgan fingerprint density at radius 1 is 1.45 bits per heavy atom. The molecule has 1 aromatic rings. The van der Waals surface area contributed by atoms with Gasteiger partial charge in [-0.25, -0.2) is 0 Å². The highest BCUT2D eigenvalue weighted by molar-refractivity contribution is 6.32. The van der Waals surface area contributed by atoms with Crippen molar-refractivity contribution in [3.8, 4) is 17.9 Å². The van der Waals surface area contributed by atoms with Crippen LogP contribution in [0.2, 0.25) is 5.02 Å². The van der Waals surface area contributed by atoms with Crippen LogP contribution in [0.15, 0.2) is 18.2 Å². The molecule has 0 aliphatic rings. The number of ether oxygens (including phenoxy) is 1. The number of rotatable bonds is 4. The second-order valence-electron chi connectivity index (χ2n) is 4.67. The van der Waals surface area contributed by atoms with Crippen molar-refractivity contribution in [3.63, 3.8) is 0 Å². The van der Waals surface area contributed by atoms with Gasteiger partial charge in [0.1, 0.15) is 11.3 Å². The molecule has 0 unspecified atom stereocenters. The maximum absolute atomic E-state index is 11.9. The summed E-state index contributed by atoms with van der Waals surface area (Å²) < 4.78 is 5.32. The van der Waals surface area contributed by atoms with Crippen LogP contribution in [-0.4, -0.2) is 30.0 Å². The molecular formula is C14H14ClN3O2. The van der Waals surface area contributed by atoms with Crippen molar-refractivity contribution in [1.82, 2.24) is 4.90 Å². The van der Waals surface area contributed by atoms with Gasteiger partial charge in [0, 0.05) is 7.05 Å². The van der Waals surface area contributed by atoms with E-state index in [1.165, 1.54) is 24.1 Å². The third kappa shape index (κ3) is 3.63. The van der Waals surface area contributed by atoms with Gasteiger partial charge in [0.05, 0.1) is 22.7 Å². The molecule has 104 valence electrons. The van der Waals surface area contributed by atoms with Crippen molar-refractivity contribution in [2.75, 3.05) is 13.7 Å². The van der Waals surface area contributed by atoms with E-state index >= 15 is 0 Å². The standard InChI is InChI=1S/C14H14ClN3O2/c1-14(2,9-17)18(3)13(19)8-20-12-5-4-10(7-16)6-11(12)15/h4-6H,8H2,1-3H3. The Balaban J connectivity index is 2.72. The van der Waals surface area contributed by atoms with E-state index < -0.39 is 5.54 Å². The van der Waals surface area contributed by atoms with E-state index in [0.717, 1.165) is 0 Å². The Morgan fingerprint density at radius 3 is 2.60 bits per heavy atom. The summed E-state index contributed by atoms with van der Waals surface area (Å²) in [5.41, 5.74) is -0.494. The van der Waals surface area contributed by atoms with Gasteiger partial charge in [0.2, 0.25) is 0 Å². The lowest BCUT2D eigenvalue weighted by Gasteiger charge is -2.29. The van der Waals surface area contributed by atoms with Gasteiger partial charge in [0.15, 0.2) is 6.61 Å². The Morgan fingerprint density at radius 2 is 2.10 bits per heavy atom. The number of nitrogens with zero attached hydrogens (tertiary/aromatic N) is 3. The van der Waals surface area contributed by atoms with Crippen molar-refractivity contribution in [2.45, 2.75) is 19.4 Å². The van der Waals surface area contributed by atoms with Crippen LogP contribution in [0.25, 0.3) is 0 Å². The van der Waals surface area contributed by atoms with E-state index in [1.807, 2.05) is 12.1 Å². The van der Waals surface area contributed by atoms with Crippen LogP contribution in [-0.2, 0) is 4.79 Å². The lowest BCUT2D eigenvalue weighted by molar-refractivity contribution is -0.135. The molecule has 1 rings (SSSR count). The minimum absolute atomic E-state index is 0.229. The first-order chi connectivity index (χ1) is 9.31. The largest absolute Gasteiger partial charge is 0.482 e. The topological polar surface area (TPSA) is 77.1 Å². The highest BCUT2D eigenvalue weighted by Crippen LogP contribution is 2.25. The molecule has 5 nitrogen and oxygen atoms in total. The Hall–Kier alpha value is -2.24. The van der Waals surface area contributed by atoms with E-state index in [2.05, 4.69) is 0 Å². The summed E-state index contributed by atoms with van der Waals surface area (Å²) in [6, 6.07) is 8.53. The summed E-state index contributed by atoms with van der Waals surface area (Å²) >= 11 is 5.94. The van der Waals surface area contributed by atoms with Gasteiger partial charge in [-0.15, -0.1) is 0 Å². The van der Waals surface area contributed by atoms with Gasteiger partial charge < -0.3 is 9.64 Å². The molecule has 0 aliphatic carbocycles. The molecule has 0 atom stereocenters. The molecule has 0 aliphatic heterocycles. The maximum Gasteiger partial charge on any atom is 0.261 e. The molecule has 0 saturated carbocycles. The summed E-state index contributed by atoms with van der Waals surface area (Å²) in [5.74, 6) is -0.0147. The number of carbonyl (C=O) groups excluding carboxylic acids is 1. The third-order valence-corrected chi connectivity index (χ3v) is 3.19. The summed E-state index contributed by atoms with van der Waals surface area (Å²) in [4.78, 5) is 13.2. The zero-order valence-electron chi connectivity index (χ0n) is 11.5. The summed E-state index contributed by atoms with van der Waals surface area (Å²) in [6.07, 6.45) is 0. The minimum atomic E-state index is -0.908. The molecule has 6 heteroatoms. The minimum Gasteiger partial charge on any atom is -0.482 e. The first-order valence-corrected chi connectivity index (χ1v) is 6.20. The average molecular weight is 292 g/mol. The number of carbonyl (C=O) groups is 1. The van der Waals surface area contributed by atoms with Crippen molar-refractivity contribution in [3.05, 3.63) is 28.8 Å². The first-order valence-electron chi connectivity index (χ1n) is 5.82. The lowest BCUT2D eigenvalue weighted by Crippen LogP contribution is -2.45. The quantitative estimate of drug-likeness (QED) is 0.853. The fraction of sp³-hybridized carbons (Fsp3) is 0.357. The zero-order valence-corrected chi connectivity index (χ0v) is 12.2. The highest BCUT2D eigenvalue weighted by Gasteiger charge is 2.27. The molecule has 1 amide bonds. The van der Waals surface area contributed by atoms with Crippen LogP contribution in [0.5, 0.6) is 5.75 Å². The maximum atomic E-state index is 11.9. The van der Waals surface area contributed by atoms with Crippen LogP contribution in [0, 0.1) is 22.7 Å². The Kier molecular flexibility index (Phi) is 4.96. The molecule has 0 N–H and O–H groups in total. The molecule has 0 radical (unpaired) electrons. The molecule has 0 heterocycles. The molecular weight excluding hydrogens is 278 g/mol. The Bertz CT molecular complexity index is 599. The number of likely N-dealkylation sites (N-methyl/N-ethyl adjacent to an activating group) is 1. The highest BCUT2D eigenvalue weighted by atomic mass is 35.5. The van der Waals surface area contributed by atoms with Gasteiger partial charge in [-0.1, -0.05) is 11.6 Å². The number of hydrogen-bond acceptors (Lipinski definition) is 4. The van der Waals surface area contributed by atoms with E-state index in [1.54, 1.807) is 19.9 Å². The van der Waals surface area contributed by atoms with Gasteiger partial charge in [0.25, 0.3) is 5.91 Å². The van der Waals surface area contributed by atoms with Crippen molar-refractivity contribution < 1.29 is 9.53 Å². The number of benzene rings is 1. The molecule has 0 aromatic heterocycles. The summed E-state index contributed by atoms with van der Waals surface area (Å²) in [6.45, 7) is 3.05. The predicted molar refractivity (Wildman–Crippen MR) is 74.1 cm³/mol. The molecule has 1 aromatic carbocycles. The molecule has 0 spiro atoms. The van der Waals surface area contributed by atoms with Crippen molar-refractivity contribution in [1.29, 1.82) is 10.5 Å². The summed E-state index contributed by atoms with van der Waals surface area (Å²) in [5, 5.41) is 17.9. The normalized spacial score (nSPS) is 10.3. The fourth-order valence-electron chi connectivity index (χ4n) is 1.31. The lowest BCUT2D eigenvalue weighted by atomic mass is 10.1. The molecule has 0 saturated heterocycles. The predicted octanol–water partition coefficient (Wildman–Crippen LogP) is 2.35. The third-order valence-electron chi connectivity index (χ3n) is 2.90. The second-order valence-corrected chi connectivity index (χ2v) is 5.08. The van der Waals surface area contributed by atoms with E-state index in [4.69, 9.17) is 26.9 Å². The monoisotopic (exact) mass is 291 g/mol. The van der Waals surface area contributed by atoms with Crippen LogP contribution in [0.1, 0.15) is 19.4 Å². The van der Waals surface area contributed by atoms with Gasteiger partial charge in [-0.3, -0.25) is 4.79 Å². The van der Waals surface area contributed by atoms with E-state index in [-0.39, 0.29) is 17.5 Å². The zero-order chi connectivity index (χ0) is 15.3. The van der Waals surface area contributed by atoms with Gasteiger partial charge in [-0.2, -0.15) is 10.5 Å². The van der Waals surface area contributed by atoms with Gasteiger partial charge >= 0.3 is 0 Å². The molecule has 0 bridgehead atoms. The molecule has 0 fully saturated rings. The van der Waals surface area contributed by atoms with Crippen LogP contribution in [0.3, 0.4) is 0 Å². The number of amides is 1. The van der Waals surface area contributed by atoms with Crippen LogP contribution in [0.4, 0.5) is 0 Å². The Labute approximate surface area is 122 Å². The van der Waals surface area contributed by atoms with Crippen molar-refractivity contribution >= 4 is 17.5 Å². The van der Waals surface area contributed by atoms with Crippen molar-refractivity contribution in [2.24, 2.45) is 0 Å². The summed E-state index contributed by atoms with van der Waals surface area (Å²) in [7, 11) is 1.54. The first kappa shape index (κ1) is 15.8. The van der Waals surface area contributed by atoms with E-state index in [9.17, 15) is 4.79 Å². The SMILES string of the molecule is CN(C(=O)COc1ccc(C#N)cc1Cl)C(C)(C)C#N. The van der Waals surface area contributed by atoms with Crippen LogP contribution < -0.4 is 4.74 Å². The van der Waals surface area contributed by atoms with Crippen LogP contribution >= 0.6 is 11.6 Å². The fourth-order valence-corrected chi connectivity index (χ4v) is 1.55. The average Bonchev–Trinajstić information content (AvgIpc) is 2.44. The number of halogens is 1. The number of hydrogen-bond donors (Lipinski definition) is 0. The second kappa shape index (κ2) is 6.27. The number of nitriles is 2. The van der Waals surface area contributed by atoms with Gasteiger partial charge in [-0.05, 0) is 32.0 Å². The molecule has 20 heavy (non-hydrogen) atoms. The smallest absolute Gasteiger partial charge is 0.261 e. The van der Waals surface area contributed by atoms with E-state index in [0.29, 0.717) is 11.3 Å².